The van der Waals surface area contributed by atoms with Crippen LogP contribution in [0.4, 0.5) is 0 Å². The molecule has 138 valence electrons. The van der Waals surface area contributed by atoms with Crippen LogP contribution in [-0.2, 0) is 14.3 Å². The lowest BCUT2D eigenvalue weighted by Crippen LogP contribution is -2.66. The first-order valence-electron chi connectivity index (χ1n) is 9.28. The molecule has 0 radical (unpaired) electrons. The van der Waals surface area contributed by atoms with Gasteiger partial charge < -0.3 is 15.0 Å². The third-order valence-corrected chi connectivity index (χ3v) is 5.57. The zero-order valence-corrected chi connectivity index (χ0v) is 16.2. The molecular weight excluding hydrogens is 304 g/mol. The van der Waals surface area contributed by atoms with Gasteiger partial charge in [-0.2, -0.15) is 0 Å². The van der Waals surface area contributed by atoms with Crippen molar-refractivity contribution in [1.82, 2.24) is 10.2 Å². The van der Waals surface area contributed by atoms with E-state index in [1.807, 2.05) is 39.5 Å². The van der Waals surface area contributed by atoms with Gasteiger partial charge in [0, 0.05) is 23.9 Å². The van der Waals surface area contributed by atoms with Gasteiger partial charge in [0.2, 0.25) is 6.41 Å². The highest BCUT2D eigenvalue weighted by atomic mass is 16.6. The number of carbonyl (C=O) groups excluding carboxylic acids is 2. The molecule has 1 unspecified atom stereocenters. The van der Waals surface area contributed by atoms with E-state index in [1.54, 1.807) is 0 Å². The molecule has 2 saturated heterocycles. The third-order valence-electron chi connectivity index (χ3n) is 5.57. The average molecular weight is 338 g/mol. The summed E-state index contributed by atoms with van der Waals surface area (Å²) in [6, 6.07) is 0. The van der Waals surface area contributed by atoms with Crippen LogP contribution >= 0.6 is 0 Å². The Morgan fingerprint density at radius 3 is 2.17 bits per heavy atom. The third kappa shape index (κ3) is 3.46. The minimum absolute atomic E-state index is 0.0211. The summed E-state index contributed by atoms with van der Waals surface area (Å²) < 4.78 is 6.43. The van der Waals surface area contributed by atoms with Gasteiger partial charge in [0.05, 0.1) is 0 Å². The van der Waals surface area contributed by atoms with Crippen molar-refractivity contribution in [3.05, 3.63) is 0 Å². The first-order valence-corrected chi connectivity index (χ1v) is 9.28. The summed E-state index contributed by atoms with van der Waals surface area (Å²) in [5.74, 6) is -0.0211. The molecule has 0 saturated carbocycles. The molecule has 2 aliphatic heterocycles. The Labute approximate surface area is 146 Å². The molecule has 2 heterocycles. The van der Waals surface area contributed by atoms with Crippen LogP contribution in [0.1, 0.15) is 86.5 Å². The molecule has 1 atom stereocenters. The lowest BCUT2D eigenvalue weighted by atomic mass is 9.71. The minimum atomic E-state index is -0.841. The average Bonchev–Trinajstić information content (AvgIpc) is 2.63. The number of hydrogen-bond donors (Lipinski definition) is 1. The molecule has 2 fully saturated rings. The number of hydrogen-bond acceptors (Lipinski definition) is 3. The van der Waals surface area contributed by atoms with Crippen molar-refractivity contribution >= 4 is 12.3 Å². The number of piperidine rings is 1. The zero-order chi connectivity index (χ0) is 18.2. The van der Waals surface area contributed by atoms with Crippen molar-refractivity contribution in [2.45, 2.75) is 109 Å². The van der Waals surface area contributed by atoms with Gasteiger partial charge in [0.15, 0.2) is 5.60 Å². The van der Waals surface area contributed by atoms with Gasteiger partial charge in [0.25, 0.3) is 5.91 Å². The normalized spacial score (nSPS) is 30.4. The highest BCUT2D eigenvalue weighted by Crippen LogP contribution is 2.48. The van der Waals surface area contributed by atoms with Crippen molar-refractivity contribution in [3.8, 4) is 0 Å². The van der Waals surface area contributed by atoms with E-state index in [1.165, 1.54) is 12.8 Å². The number of carbonyl (C=O) groups is 2. The SMILES string of the molecule is CCCCCCC1(C)NC(=O)C2(CC(C)(C)N(C=O)C(C)(C)C2)O1. The molecule has 1 spiro atoms. The summed E-state index contributed by atoms with van der Waals surface area (Å²) in [5, 5.41) is 3.11. The number of rotatable bonds is 6. The largest absolute Gasteiger partial charge is 0.340 e. The maximum absolute atomic E-state index is 12.9. The van der Waals surface area contributed by atoms with E-state index in [4.69, 9.17) is 4.74 Å². The van der Waals surface area contributed by atoms with Crippen LogP contribution in [0.5, 0.6) is 0 Å². The molecule has 2 amide bonds. The summed E-state index contributed by atoms with van der Waals surface area (Å²) in [6.45, 7) is 12.2. The monoisotopic (exact) mass is 338 g/mol. The molecule has 0 aromatic heterocycles. The van der Waals surface area contributed by atoms with Crippen molar-refractivity contribution < 1.29 is 14.3 Å². The highest BCUT2D eigenvalue weighted by Gasteiger charge is 2.62. The predicted octanol–water partition coefficient (Wildman–Crippen LogP) is 3.37. The summed E-state index contributed by atoms with van der Waals surface area (Å²) >= 11 is 0. The van der Waals surface area contributed by atoms with Gasteiger partial charge in [-0.15, -0.1) is 0 Å². The first-order chi connectivity index (χ1) is 11.0. The molecule has 2 aliphatic rings. The maximum atomic E-state index is 12.9. The van der Waals surface area contributed by atoms with E-state index in [9.17, 15) is 9.59 Å². The van der Waals surface area contributed by atoms with Crippen LogP contribution in [0.15, 0.2) is 0 Å². The summed E-state index contributed by atoms with van der Waals surface area (Å²) in [4.78, 5) is 26.3. The Balaban J connectivity index is 2.18. The molecule has 24 heavy (non-hydrogen) atoms. The van der Waals surface area contributed by atoms with Gasteiger partial charge in [-0.05, 0) is 47.5 Å². The molecule has 0 aromatic carbocycles. The smallest absolute Gasteiger partial charge is 0.254 e. The fraction of sp³-hybridized carbons (Fsp3) is 0.895. The number of likely N-dealkylation sites (tertiary alicyclic amines) is 1. The molecule has 5 heteroatoms. The van der Waals surface area contributed by atoms with Crippen molar-refractivity contribution in [3.63, 3.8) is 0 Å². The van der Waals surface area contributed by atoms with Gasteiger partial charge >= 0.3 is 0 Å². The first kappa shape index (κ1) is 19.2. The Morgan fingerprint density at radius 2 is 1.67 bits per heavy atom. The maximum Gasteiger partial charge on any atom is 0.254 e. The van der Waals surface area contributed by atoms with E-state index in [0.29, 0.717) is 12.8 Å². The molecule has 0 aliphatic carbocycles. The standard InChI is InChI=1S/C19H34N2O3/c1-7-8-9-10-11-18(6)20-15(23)19(24-18)12-16(2,3)21(14-22)17(4,5)13-19/h14H,7-13H2,1-6H3,(H,20,23). The number of nitrogens with one attached hydrogen (secondary N) is 1. The highest BCUT2D eigenvalue weighted by molar-refractivity contribution is 5.88. The fourth-order valence-electron chi connectivity index (χ4n) is 4.83. The second-order valence-electron chi connectivity index (χ2n) is 9.05. The number of amides is 2. The molecule has 1 N–H and O–H groups in total. The van der Waals surface area contributed by atoms with Crippen LogP contribution in [0.2, 0.25) is 0 Å². The van der Waals surface area contributed by atoms with Crippen LogP contribution < -0.4 is 5.32 Å². The van der Waals surface area contributed by atoms with Crippen LogP contribution in [0.25, 0.3) is 0 Å². The predicted molar refractivity (Wildman–Crippen MR) is 94.4 cm³/mol. The Kier molecular flexibility index (Phi) is 5.06. The fourth-order valence-corrected chi connectivity index (χ4v) is 4.83. The summed E-state index contributed by atoms with van der Waals surface area (Å²) in [6.07, 6.45) is 7.41. The Morgan fingerprint density at radius 1 is 1.08 bits per heavy atom. The van der Waals surface area contributed by atoms with E-state index < -0.39 is 22.4 Å². The van der Waals surface area contributed by atoms with Gasteiger partial charge in [0.1, 0.15) is 5.72 Å². The van der Waals surface area contributed by atoms with E-state index >= 15 is 0 Å². The lowest BCUT2D eigenvalue weighted by Gasteiger charge is -2.56. The number of ether oxygens (including phenoxy) is 1. The van der Waals surface area contributed by atoms with Crippen LogP contribution in [-0.4, -0.2) is 39.6 Å². The molecule has 0 bridgehead atoms. The van der Waals surface area contributed by atoms with E-state index in [0.717, 1.165) is 25.7 Å². The zero-order valence-electron chi connectivity index (χ0n) is 16.2. The summed E-state index contributed by atoms with van der Waals surface area (Å²) in [7, 11) is 0. The molecule has 0 aromatic rings. The topological polar surface area (TPSA) is 58.6 Å². The Hall–Kier alpha value is -1.10. The van der Waals surface area contributed by atoms with E-state index in [2.05, 4.69) is 12.2 Å². The minimum Gasteiger partial charge on any atom is -0.340 e. The molecule has 2 rings (SSSR count). The lowest BCUT2D eigenvalue weighted by molar-refractivity contribution is -0.185. The Bertz CT molecular complexity index is 483. The van der Waals surface area contributed by atoms with Gasteiger partial charge in [-0.1, -0.05) is 26.2 Å². The van der Waals surface area contributed by atoms with Crippen LogP contribution in [0.3, 0.4) is 0 Å². The molecule has 5 nitrogen and oxygen atoms in total. The van der Waals surface area contributed by atoms with E-state index in [-0.39, 0.29) is 5.91 Å². The van der Waals surface area contributed by atoms with Gasteiger partial charge in [-0.25, -0.2) is 0 Å². The second-order valence-corrected chi connectivity index (χ2v) is 9.05. The summed E-state index contributed by atoms with van der Waals surface area (Å²) in [5.41, 5.74) is -2.28. The van der Waals surface area contributed by atoms with Crippen molar-refractivity contribution in [2.24, 2.45) is 0 Å². The second kappa shape index (κ2) is 6.32. The number of nitrogens with zero attached hydrogens (tertiary/aromatic N) is 1. The van der Waals surface area contributed by atoms with Crippen molar-refractivity contribution in [1.29, 1.82) is 0 Å². The van der Waals surface area contributed by atoms with Gasteiger partial charge in [-0.3, -0.25) is 9.59 Å². The van der Waals surface area contributed by atoms with Crippen LogP contribution in [0, 0.1) is 0 Å². The quantitative estimate of drug-likeness (QED) is 0.597. The molecular formula is C19H34N2O3. The van der Waals surface area contributed by atoms with Crippen molar-refractivity contribution in [2.75, 3.05) is 0 Å². The number of unbranched alkanes of at least 4 members (excludes halogenated alkanes) is 3.